The number of aromatic hydroxyl groups is 1. The molecule has 0 aliphatic carbocycles. The van der Waals surface area contributed by atoms with Gasteiger partial charge in [-0.25, -0.2) is 0 Å². The summed E-state index contributed by atoms with van der Waals surface area (Å²) >= 11 is 4.52. The predicted molar refractivity (Wildman–Crippen MR) is 126 cm³/mol. The lowest BCUT2D eigenvalue weighted by molar-refractivity contribution is -0.132. The van der Waals surface area contributed by atoms with E-state index in [0.717, 1.165) is 33.7 Å². The van der Waals surface area contributed by atoms with Gasteiger partial charge in [0.2, 0.25) is 5.91 Å². The van der Waals surface area contributed by atoms with Crippen LogP contribution in [0.3, 0.4) is 0 Å². The molecule has 3 aromatic carbocycles. The Bertz CT molecular complexity index is 1260. The minimum atomic E-state index is -0.162. The fraction of sp³-hybridized carbons (Fsp3) is 0.192. The number of fused-ring (bicyclic) bond motifs is 3. The lowest BCUT2D eigenvalue weighted by Crippen LogP contribution is -2.41. The molecule has 156 valence electrons. The molecule has 1 aromatic heterocycles. The van der Waals surface area contributed by atoms with E-state index in [1.165, 1.54) is 16.5 Å². The molecule has 4 aromatic rings. The number of nitrogens with zero attached hydrogens (tertiary/aromatic N) is 1. The SMILES string of the molecule is Cc1ccc(C2c3[nH]c4ccc(S)cc4c3CCN2C(=O)Cc2ccc(O)cc2)cc1. The van der Waals surface area contributed by atoms with Gasteiger partial charge in [0.15, 0.2) is 0 Å². The van der Waals surface area contributed by atoms with Crippen LogP contribution in [0.1, 0.15) is 34.0 Å². The summed E-state index contributed by atoms with van der Waals surface area (Å²) in [6.45, 7) is 2.73. The molecule has 4 nitrogen and oxygen atoms in total. The molecule has 0 fully saturated rings. The molecule has 1 atom stereocenters. The van der Waals surface area contributed by atoms with E-state index in [2.05, 4.69) is 60.9 Å². The first-order chi connectivity index (χ1) is 15.0. The van der Waals surface area contributed by atoms with Crippen LogP contribution in [0, 0.1) is 6.92 Å². The van der Waals surface area contributed by atoms with Crippen molar-refractivity contribution in [2.45, 2.75) is 30.7 Å². The molecule has 0 saturated heterocycles. The van der Waals surface area contributed by atoms with E-state index in [-0.39, 0.29) is 17.7 Å². The summed E-state index contributed by atoms with van der Waals surface area (Å²) in [6, 6.07) is 21.3. The number of phenols is 1. The second-order valence-corrected chi connectivity index (χ2v) is 8.76. The summed E-state index contributed by atoms with van der Waals surface area (Å²) in [5.41, 5.74) is 6.62. The topological polar surface area (TPSA) is 56.3 Å². The molecule has 0 saturated carbocycles. The zero-order chi connectivity index (χ0) is 21.5. The monoisotopic (exact) mass is 428 g/mol. The maximum atomic E-state index is 13.4. The van der Waals surface area contributed by atoms with Crippen molar-refractivity contribution in [2.75, 3.05) is 6.54 Å². The third-order valence-electron chi connectivity index (χ3n) is 6.12. The van der Waals surface area contributed by atoms with Crippen LogP contribution in [-0.4, -0.2) is 27.4 Å². The first-order valence-corrected chi connectivity index (χ1v) is 10.9. The highest BCUT2D eigenvalue weighted by Crippen LogP contribution is 2.39. The fourth-order valence-corrected chi connectivity index (χ4v) is 4.73. The lowest BCUT2D eigenvalue weighted by atomic mass is 9.91. The summed E-state index contributed by atoms with van der Waals surface area (Å²) in [6.07, 6.45) is 1.11. The van der Waals surface area contributed by atoms with Crippen LogP contribution in [0.5, 0.6) is 5.75 Å². The van der Waals surface area contributed by atoms with Crippen molar-refractivity contribution in [2.24, 2.45) is 0 Å². The van der Waals surface area contributed by atoms with Crippen molar-refractivity contribution in [3.63, 3.8) is 0 Å². The van der Waals surface area contributed by atoms with Crippen LogP contribution in [0.2, 0.25) is 0 Å². The molecule has 1 aliphatic heterocycles. The van der Waals surface area contributed by atoms with Crippen molar-refractivity contribution in [3.8, 4) is 5.75 Å². The van der Waals surface area contributed by atoms with E-state index >= 15 is 0 Å². The number of amides is 1. The van der Waals surface area contributed by atoms with Crippen molar-refractivity contribution in [1.82, 2.24) is 9.88 Å². The Kier molecular flexibility index (Phi) is 4.98. The standard InChI is InChI=1S/C26H24N2O2S/c1-16-2-6-18(7-3-16)26-25-21(22-15-20(31)10-11-23(22)27-25)12-13-28(26)24(30)14-17-4-8-19(29)9-5-17/h2-11,15,26-27,29,31H,12-14H2,1H3. The Morgan fingerprint density at radius 3 is 2.58 bits per heavy atom. The van der Waals surface area contributed by atoms with E-state index < -0.39 is 0 Å². The Labute approximate surface area is 186 Å². The molecule has 1 unspecified atom stereocenters. The smallest absolute Gasteiger partial charge is 0.227 e. The molecule has 1 amide bonds. The highest BCUT2D eigenvalue weighted by molar-refractivity contribution is 7.80. The van der Waals surface area contributed by atoms with E-state index in [0.29, 0.717) is 13.0 Å². The van der Waals surface area contributed by atoms with Gasteiger partial charge >= 0.3 is 0 Å². The number of hydrogen-bond acceptors (Lipinski definition) is 3. The fourth-order valence-electron chi connectivity index (χ4n) is 4.53. The number of phenolic OH excluding ortho intramolecular Hbond substituents is 1. The minimum absolute atomic E-state index is 0.0791. The highest BCUT2D eigenvalue weighted by atomic mass is 32.1. The third kappa shape index (κ3) is 3.70. The number of aromatic nitrogens is 1. The number of H-pyrrole nitrogens is 1. The van der Waals surface area contributed by atoms with Gasteiger partial charge in [-0.3, -0.25) is 4.79 Å². The number of rotatable bonds is 3. The third-order valence-corrected chi connectivity index (χ3v) is 6.39. The van der Waals surface area contributed by atoms with Crippen LogP contribution < -0.4 is 0 Å². The van der Waals surface area contributed by atoms with Crippen molar-refractivity contribution in [1.29, 1.82) is 0 Å². The average Bonchev–Trinajstić information content (AvgIpc) is 3.13. The van der Waals surface area contributed by atoms with Gasteiger partial charge in [0.25, 0.3) is 0 Å². The Hall–Kier alpha value is -3.18. The summed E-state index contributed by atoms with van der Waals surface area (Å²) in [7, 11) is 0. The maximum absolute atomic E-state index is 13.4. The lowest BCUT2D eigenvalue weighted by Gasteiger charge is -2.36. The molecule has 1 aliphatic rings. The molecule has 2 heterocycles. The van der Waals surface area contributed by atoms with Gasteiger partial charge in [0.05, 0.1) is 12.5 Å². The van der Waals surface area contributed by atoms with Crippen LogP contribution in [0.25, 0.3) is 10.9 Å². The van der Waals surface area contributed by atoms with Gasteiger partial charge in [-0.2, -0.15) is 0 Å². The van der Waals surface area contributed by atoms with Gasteiger partial charge in [0, 0.05) is 28.0 Å². The summed E-state index contributed by atoms with van der Waals surface area (Å²) < 4.78 is 0. The number of aromatic amines is 1. The molecule has 0 radical (unpaired) electrons. The first-order valence-electron chi connectivity index (χ1n) is 10.5. The Morgan fingerprint density at radius 2 is 1.84 bits per heavy atom. The summed E-state index contributed by atoms with van der Waals surface area (Å²) in [4.78, 5) is 19.9. The van der Waals surface area contributed by atoms with Crippen LogP contribution >= 0.6 is 12.6 Å². The van der Waals surface area contributed by atoms with Gasteiger partial charge in [-0.15, -0.1) is 12.6 Å². The van der Waals surface area contributed by atoms with Gasteiger partial charge in [0.1, 0.15) is 5.75 Å². The van der Waals surface area contributed by atoms with Gasteiger partial charge < -0.3 is 15.0 Å². The molecule has 5 rings (SSSR count). The van der Waals surface area contributed by atoms with Crippen molar-refractivity contribution in [3.05, 3.63) is 94.7 Å². The first kappa shape index (κ1) is 19.8. The summed E-state index contributed by atoms with van der Waals surface area (Å²) in [5, 5.41) is 10.7. The Morgan fingerprint density at radius 1 is 1.10 bits per heavy atom. The largest absolute Gasteiger partial charge is 0.508 e. The quantitative estimate of drug-likeness (QED) is 0.394. The molecule has 31 heavy (non-hydrogen) atoms. The molecule has 5 heteroatoms. The Balaban J connectivity index is 1.58. The average molecular weight is 429 g/mol. The van der Waals surface area contributed by atoms with Crippen LogP contribution in [0.4, 0.5) is 0 Å². The molecule has 0 bridgehead atoms. The molecule has 0 spiro atoms. The van der Waals surface area contributed by atoms with Gasteiger partial charge in [-0.05, 0) is 60.4 Å². The maximum Gasteiger partial charge on any atom is 0.227 e. The van der Waals surface area contributed by atoms with Gasteiger partial charge in [-0.1, -0.05) is 42.0 Å². The van der Waals surface area contributed by atoms with E-state index in [1.54, 1.807) is 24.3 Å². The number of thiol groups is 1. The van der Waals surface area contributed by atoms with E-state index in [4.69, 9.17) is 0 Å². The number of carbonyl (C=O) groups is 1. The zero-order valence-electron chi connectivity index (χ0n) is 17.3. The minimum Gasteiger partial charge on any atom is -0.508 e. The second-order valence-electron chi connectivity index (χ2n) is 8.24. The molecule has 2 N–H and O–H groups in total. The predicted octanol–water partition coefficient (Wildman–Crippen LogP) is 5.19. The number of hydrogen-bond donors (Lipinski definition) is 3. The van der Waals surface area contributed by atoms with E-state index in [1.807, 2.05) is 11.0 Å². The van der Waals surface area contributed by atoms with Crippen molar-refractivity contribution >= 4 is 29.4 Å². The van der Waals surface area contributed by atoms with Crippen LogP contribution in [-0.2, 0) is 17.6 Å². The highest BCUT2D eigenvalue weighted by Gasteiger charge is 2.34. The normalized spacial score (nSPS) is 15.8. The number of nitrogens with one attached hydrogen (secondary N) is 1. The number of aryl methyl sites for hydroxylation is 1. The van der Waals surface area contributed by atoms with Crippen molar-refractivity contribution < 1.29 is 9.90 Å². The second kappa shape index (κ2) is 7.82. The number of benzene rings is 3. The van der Waals surface area contributed by atoms with E-state index in [9.17, 15) is 9.90 Å². The molecular weight excluding hydrogens is 404 g/mol. The summed E-state index contributed by atoms with van der Waals surface area (Å²) in [5.74, 6) is 0.286. The number of carbonyl (C=O) groups excluding carboxylic acids is 1. The zero-order valence-corrected chi connectivity index (χ0v) is 18.2. The molecular formula is C26H24N2O2S. The van der Waals surface area contributed by atoms with Crippen LogP contribution in [0.15, 0.2) is 71.6 Å².